The molecule has 1 aliphatic rings. The van der Waals surface area contributed by atoms with E-state index < -0.39 is 10.2 Å². The summed E-state index contributed by atoms with van der Waals surface area (Å²) in [5, 5.41) is 0. The molecule has 0 saturated carbocycles. The molecule has 0 unspecified atom stereocenters. The molecular formula is C10H15BrN2O3S2. The van der Waals surface area contributed by atoms with Crippen LogP contribution >= 0.6 is 27.3 Å². The van der Waals surface area contributed by atoms with Gasteiger partial charge in [0, 0.05) is 31.6 Å². The van der Waals surface area contributed by atoms with Crippen LogP contribution in [0.5, 0.6) is 0 Å². The number of halogens is 1. The van der Waals surface area contributed by atoms with Gasteiger partial charge in [-0.05, 0) is 28.1 Å². The molecular weight excluding hydrogens is 340 g/mol. The van der Waals surface area contributed by atoms with E-state index in [-0.39, 0.29) is 0 Å². The molecule has 1 aliphatic heterocycles. The van der Waals surface area contributed by atoms with Crippen molar-refractivity contribution < 1.29 is 13.2 Å². The molecule has 0 radical (unpaired) electrons. The summed E-state index contributed by atoms with van der Waals surface area (Å²) in [5.74, 6) is 0. The molecule has 8 heteroatoms. The number of hydrogen-bond donors (Lipinski definition) is 0. The molecule has 1 aromatic rings. The minimum absolute atomic E-state index is 0.399. The maximum Gasteiger partial charge on any atom is 0.282 e. The van der Waals surface area contributed by atoms with Gasteiger partial charge in [-0.2, -0.15) is 17.0 Å². The molecule has 0 amide bonds. The highest BCUT2D eigenvalue weighted by Crippen LogP contribution is 2.24. The third-order valence-electron chi connectivity index (χ3n) is 2.70. The predicted molar refractivity (Wildman–Crippen MR) is 74.8 cm³/mol. The van der Waals surface area contributed by atoms with Gasteiger partial charge in [0.05, 0.1) is 17.0 Å². The average Bonchev–Trinajstić information content (AvgIpc) is 2.76. The van der Waals surface area contributed by atoms with E-state index in [1.54, 1.807) is 18.4 Å². The van der Waals surface area contributed by atoms with Crippen LogP contribution in [-0.2, 0) is 21.5 Å². The van der Waals surface area contributed by atoms with Crippen LogP contribution in [-0.4, -0.2) is 50.4 Å². The zero-order valence-electron chi connectivity index (χ0n) is 10.0. The molecule has 0 atom stereocenters. The van der Waals surface area contributed by atoms with E-state index in [1.165, 1.54) is 8.61 Å². The Balaban J connectivity index is 2.04. The molecule has 18 heavy (non-hydrogen) atoms. The summed E-state index contributed by atoms with van der Waals surface area (Å²) in [6.07, 6.45) is 0. The van der Waals surface area contributed by atoms with Gasteiger partial charge >= 0.3 is 0 Å². The Kier molecular flexibility index (Phi) is 4.79. The second-order valence-corrected chi connectivity index (χ2v) is 8.56. The topological polar surface area (TPSA) is 49.9 Å². The lowest BCUT2D eigenvalue weighted by Crippen LogP contribution is -2.46. The van der Waals surface area contributed by atoms with Crippen molar-refractivity contribution in [2.75, 3.05) is 33.4 Å². The number of ether oxygens (including phenoxy) is 1. The van der Waals surface area contributed by atoms with E-state index in [0.29, 0.717) is 32.8 Å². The highest BCUT2D eigenvalue weighted by atomic mass is 79.9. The maximum atomic E-state index is 12.3. The fraction of sp³-hybridized carbons (Fsp3) is 0.600. The van der Waals surface area contributed by atoms with Gasteiger partial charge in [-0.25, -0.2) is 0 Å². The first-order valence-electron chi connectivity index (χ1n) is 5.53. The fourth-order valence-electron chi connectivity index (χ4n) is 1.71. The van der Waals surface area contributed by atoms with E-state index in [2.05, 4.69) is 15.9 Å². The SMILES string of the molecule is CN(Cc1ccc(Br)s1)S(=O)(=O)N1CCOCC1. The van der Waals surface area contributed by atoms with Crippen molar-refractivity contribution in [3.8, 4) is 0 Å². The molecule has 0 aliphatic carbocycles. The maximum absolute atomic E-state index is 12.3. The van der Waals surface area contributed by atoms with Crippen LogP contribution in [0.3, 0.4) is 0 Å². The van der Waals surface area contributed by atoms with Crippen LogP contribution in [0, 0.1) is 0 Å². The van der Waals surface area contributed by atoms with Crippen molar-refractivity contribution in [3.05, 3.63) is 20.8 Å². The minimum Gasteiger partial charge on any atom is -0.379 e. The molecule has 0 aromatic carbocycles. The molecule has 0 bridgehead atoms. The second kappa shape index (κ2) is 5.98. The molecule has 1 saturated heterocycles. The Labute approximate surface area is 120 Å². The van der Waals surface area contributed by atoms with E-state index in [1.807, 2.05) is 12.1 Å². The lowest BCUT2D eigenvalue weighted by Gasteiger charge is -2.29. The highest BCUT2D eigenvalue weighted by Gasteiger charge is 2.28. The Morgan fingerprint density at radius 2 is 2.11 bits per heavy atom. The van der Waals surface area contributed by atoms with Crippen LogP contribution in [0.4, 0.5) is 0 Å². The van der Waals surface area contributed by atoms with Gasteiger partial charge in [-0.15, -0.1) is 11.3 Å². The summed E-state index contributed by atoms with van der Waals surface area (Å²) >= 11 is 4.92. The lowest BCUT2D eigenvalue weighted by molar-refractivity contribution is 0.0705. The van der Waals surface area contributed by atoms with Gasteiger partial charge in [0.1, 0.15) is 0 Å². The quantitative estimate of drug-likeness (QED) is 0.823. The normalized spacial score (nSPS) is 18.4. The monoisotopic (exact) mass is 354 g/mol. The van der Waals surface area contributed by atoms with Crippen LogP contribution in [0.2, 0.25) is 0 Å². The number of nitrogens with zero attached hydrogens (tertiary/aromatic N) is 2. The van der Waals surface area contributed by atoms with E-state index in [0.717, 1.165) is 8.66 Å². The Morgan fingerprint density at radius 1 is 1.44 bits per heavy atom. The Hall–Kier alpha value is 0.01000. The summed E-state index contributed by atoms with van der Waals surface area (Å²) in [6.45, 7) is 2.20. The number of hydrogen-bond acceptors (Lipinski definition) is 4. The standard InChI is InChI=1S/C10H15BrN2O3S2/c1-12(8-9-2-3-10(11)17-9)18(14,15)13-4-6-16-7-5-13/h2-3H,4-8H2,1H3. The van der Waals surface area contributed by atoms with E-state index in [4.69, 9.17) is 4.74 Å². The summed E-state index contributed by atoms with van der Waals surface area (Å²) in [6, 6.07) is 3.86. The first-order chi connectivity index (χ1) is 8.50. The Morgan fingerprint density at radius 3 is 2.67 bits per heavy atom. The van der Waals surface area contributed by atoms with Crippen LogP contribution in [0.15, 0.2) is 15.9 Å². The number of rotatable bonds is 4. The molecule has 2 heterocycles. The lowest BCUT2D eigenvalue weighted by atomic mass is 10.5. The largest absolute Gasteiger partial charge is 0.379 e. The summed E-state index contributed by atoms with van der Waals surface area (Å²) in [7, 11) is -1.76. The van der Waals surface area contributed by atoms with E-state index >= 15 is 0 Å². The molecule has 102 valence electrons. The van der Waals surface area contributed by atoms with Gasteiger partial charge in [0.2, 0.25) is 0 Å². The van der Waals surface area contributed by atoms with Crippen molar-refractivity contribution >= 4 is 37.5 Å². The first-order valence-corrected chi connectivity index (χ1v) is 8.54. The molecule has 0 N–H and O–H groups in total. The average molecular weight is 355 g/mol. The third kappa shape index (κ3) is 3.31. The molecule has 1 fully saturated rings. The van der Waals surface area contributed by atoms with Gasteiger partial charge in [-0.1, -0.05) is 0 Å². The van der Waals surface area contributed by atoms with Crippen molar-refractivity contribution in [1.29, 1.82) is 0 Å². The minimum atomic E-state index is -3.37. The van der Waals surface area contributed by atoms with Gasteiger partial charge in [-0.3, -0.25) is 0 Å². The number of thiophene rings is 1. The summed E-state index contributed by atoms with van der Waals surface area (Å²) in [4.78, 5) is 1.02. The highest BCUT2D eigenvalue weighted by molar-refractivity contribution is 9.11. The smallest absolute Gasteiger partial charge is 0.282 e. The van der Waals surface area contributed by atoms with Crippen molar-refractivity contribution in [2.24, 2.45) is 0 Å². The second-order valence-electron chi connectivity index (χ2n) is 3.98. The van der Waals surface area contributed by atoms with Gasteiger partial charge < -0.3 is 4.74 Å². The third-order valence-corrected chi connectivity index (χ3v) is 6.24. The fourth-order valence-corrected chi connectivity index (χ4v) is 4.64. The van der Waals surface area contributed by atoms with Crippen molar-refractivity contribution in [1.82, 2.24) is 8.61 Å². The zero-order chi connectivity index (χ0) is 13.2. The molecule has 5 nitrogen and oxygen atoms in total. The van der Waals surface area contributed by atoms with Gasteiger partial charge in [0.25, 0.3) is 10.2 Å². The van der Waals surface area contributed by atoms with E-state index in [9.17, 15) is 8.42 Å². The van der Waals surface area contributed by atoms with Crippen LogP contribution in [0.25, 0.3) is 0 Å². The van der Waals surface area contributed by atoms with Crippen LogP contribution in [0.1, 0.15) is 4.88 Å². The van der Waals surface area contributed by atoms with Gasteiger partial charge in [0.15, 0.2) is 0 Å². The number of morpholine rings is 1. The Bertz CT molecular complexity index is 497. The zero-order valence-corrected chi connectivity index (χ0v) is 13.2. The van der Waals surface area contributed by atoms with Crippen LogP contribution < -0.4 is 0 Å². The molecule has 2 rings (SSSR count). The van der Waals surface area contributed by atoms with Crippen molar-refractivity contribution in [2.45, 2.75) is 6.54 Å². The van der Waals surface area contributed by atoms with Crippen molar-refractivity contribution in [3.63, 3.8) is 0 Å². The molecule has 0 spiro atoms. The first kappa shape index (κ1) is 14.4. The summed E-state index contributed by atoms with van der Waals surface area (Å²) < 4.78 is 33.6. The molecule has 1 aromatic heterocycles. The predicted octanol–water partition coefficient (Wildman–Crippen LogP) is 1.52. The summed E-state index contributed by atoms with van der Waals surface area (Å²) in [5.41, 5.74) is 0.